The van der Waals surface area contributed by atoms with Crippen LogP contribution < -0.4 is 5.56 Å². The summed E-state index contributed by atoms with van der Waals surface area (Å²) in [6, 6.07) is 12.3. The van der Waals surface area contributed by atoms with E-state index in [0.29, 0.717) is 5.92 Å². The van der Waals surface area contributed by atoms with Crippen LogP contribution in [0.15, 0.2) is 41.2 Å². The molecule has 2 aliphatic rings. The average molecular weight is 380 g/mol. The second kappa shape index (κ2) is 8.72. The number of aromatic nitrogens is 2. The first-order valence-corrected chi connectivity index (χ1v) is 10.6. The van der Waals surface area contributed by atoms with Gasteiger partial charge in [0.05, 0.1) is 5.69 Å². The Balaban J connectivity index is 1.35. The van der Waals surface area contributed by atoms with Crippen molar-refractivity contribution in [2.45, 2.75) is 57.9 Å². The van der Waals surface area contributed by atoms with Crippen molar-refractivity contribution >= 4 is 5.91 Å². The summed E-state index contributed by atoms with van der Waals surface area (Å²) in [5, 5.41) is 4.54. The van der Waals surface area contributed by atoms with Gasteiger partial charge in [-0.1, -0.05) is 36.8 Å². The molecule has 0 atom stereocenters. The van der Waals surface area contributed by atoms with Gasteiger partial charge >= 0.3 is 0 Å². The molecule has 1 aromatic carbocycles. The SMILES string of the molecule is O=C(Cn1nc2c(cc1=O)CCCCC2)N1CCC(Cc2ccccc2)CC1. The first-order valence-electron chi connectivity index (χ1n) is 10.6. The number of piperidine rings is 1. The highest BCUT2D eigenvalue weighted by atomic mass is 16.2. The molecule has 1 aliphatic heterocycles. The van der Waals surface area contributed by atoms with Crippen LogP contribution in [0.1, 0.15) is 48.9 Å². The minimum atomic E-state index is -0.145. The van der Waals surface area contributed by atoms with Crippen molar-refractivity contribution in [2.75, 3.05) is 13.1 Å². The second-order valence-electron chi connectivity index (χ2n) is 8.19. The molecule has 0 spiro atoms. The van der Waals surface area contributed by atoms with Gasteiger partial charge in [0.25, 0.3) is 5.56 Å². The van der Waals surface area contributed by atoms with E-state index in [-0.39, 0.29) is 18.0 Å². The molecule has 0 radical (unpaired) electrons. The van der Waals surface area contributed by atoms with E-state index in [1.165, 1.54) is 16.7 Å². The standard InChI is InChI=1S/C23H29N3O2/c27-22-16-20-9-5-2-6-10-21(20)24-26(22)17-23(28)25-13-11-19(12-14-25)15-18-7-3-1-4-8-18/h1,3-4,7-8,16,19H,2,5-6,9-15,17H2. The van der Waals surface area contributed by atoms with Gasteiger partial charge < -0.3 is 4.90 Å². The summed E-state index contributed by atoms with van der Waals surface area (Å²) in [6.45, 7) is 1.61. The zero-order valence-electron chi connectivity index (χ0n) is 16.5. The Morgan fingerprint density at radius 2 is 1.79 bits per heavy atom. The van der Waals surface area contributed by atoms with E-state index in [0.717, 1.165) is 69.3 Å². The summed E-state index contributed by atoms with van der Waals surface area (Å²) in [5.74, 6) is 0.640. The molecule has 0 N–H and O–H groups in total. The summed E-state index contributed by atoms with van der Waals surface area (Å²) < 4.78 is 1.38. The molecule has 1 aromatic heterocycles. The second-order valence-corrected chi connectivity index (χ2v) is 8.19. The molecular weight excluding hydrogens is 350 g/mol. The Bertz CT molecular complexity index is 867. The Morgan fingerprint density at radius 1 is 1.04 bits per heavy atom. The van der Waals surface area contributed by atoms with Crippen molar-refractivity contribution in [2.24, 2.45) is 5.92 Å². The Kier molecular flexibility index (Phi) is 5.89. The van der Waals surface area contributed by atoms with Crippen LogP contribution in [0.5, 0.6) is 0 Å². The highest BCUT2D eigenvalue weighted by Gasteiger charge is 2.24. The van der Waals surface area contributed by atoms with E-state index in [2.05, 4.69) is 29.4 Å². The fourth-order valence-corrected chi connectivity index (χ4v) is 4.45. The quantitative estimate of drug-likeness (QED) is 0.768. The molecule has 1 amide bonds. The lowest BCUT2D eigenvalue weighted by Gasteiger charge is -2.32. The molecule has 28 heavy (non-hydrogen) atoms. The third-order valence-corrected chi connectivity index (χ3v) is 6.14. The smallest absolute Gasteiger partial charge is 0.267 e. The molecule has 4 rings (SSSR count). The monoisotopic (exact) mass is 379 g/mol. The van der Waals surface area contributed by atoms with Crippen LogP contribution in [0.25, 0.3) is 0 Å². The predicted octanol–water partition coefficient (Wildman–Crippen LogP) is 2.99. The zero-order chi connectivity index (χ0) is 19.3. The number of likely N-dealkylation sites (tertiary alicyclic amines) is 1. The van der Waals surface area contributed by atoms with Gasteiger partial charge in [0, 0.05) is 19.2 Å². The number of fused-ring (bicyclic) bond motifs is 1. The van der Waals surface area contributed by atoms with Crippen molar-refractivity contribution in [1.82, 2.24) is 14.7 Å². The molecule has 1 fully saturated rings. The van der Waals surface area contributed by atoms with Crippen molar-refractivity contribution in [3.05, 3.63) is 63.6 Å². The van der Waals surface area contributed by atoms with Crippen LogP contribution in [0, 0.1) is 5.92 Å². The maximum atomic E-state index is 12.7. The number of carbonyl (C=O) groups excluding carboxylic acids is 1. The highest BCUT2D eigenvalue weighted by Crippen LogP contribution is 2.22. The van der Waals surface area contributed by atoms with Gasteiger partial charge in [-0.05, 0) is 62.0 Å². The summed E-state index contributed by atoms with van der Waals surface area (Å²) in [4.78, 5) is 27.1. The number of aryl methyl sites for hydroxylation is 2. The lowest BCUT2D eigenvalue weighted by molar-refractivity contribution is -0.133. The molecule has 2 heterocycles. The Morgan fingerprint density at radius 3 is 2.57 bits per heavy atom. The van der Waals surface area contributed by atoms with Crippen LogP contribution in [-0.4, -0.2) is 33.7 Å². The molecule has 0 unspecified atom stereocenters. The van der Waals surface area contributed by atoms with Crippen LogP contribution in [0.2, 0.25) is 0 Å². The third kappa shape index (κ3) is 4.51. The maximum Gasteiger partial charge on any atom is 0.267 e. The minimum absolute atomic E-state index is 0.0151. The van der Waals surface area contributed by atoms with E-state index in [1.807, 2.05) is 11.0 Å². The molecule has 2 aromatic rings. The van der Waals surface area contributed by atoms with Crippen molar-refractivity contribution in [3.8, 4) is 0 Å². The number of rotatable bonds is 4. The van der Waals surface area contributed by atoms with Crippen LogP contribution in [-0.2, 0) is 30.6 Å². The number of hydrogen-bond acceptors (Lipinski definition) is 3. The molecule has 148 valence electrons. The normalized spacial score (nSPS) is 17.8. The summed E-state index contributed by atoms with van der Waals surface area (Å²) in [7, 11) is 0. The molecule has 5 heteroatoms. The molecule has 1 aliphatic carbocycles. The van der Waals surface area contributed by atoms with Gasteiger partial charge in [0.2, 0.25) is 5.91 Å². The summed E-state index contributed by atoms with van der Waals surface area (Å²) in [5.41, 5.74) is 3.31. The van der Waals surface area contributed by atoms with Gasteiger partial charge in [-0.2, -0.15) is 5.10 Å². The van der Waals surface area contributed by atoms with E-state index in [4.69, 9.17) is 0 Å². The molecule has 5 nitrogen and oxygen atoms in total. The number of benzene rings is 1. The minimum Gasteiger partial charge on any atom is -0.341 e. The van der Waals surface area contributed by atoms with E-state index in [9.17, 15) is 9.59 Å². The first-order chi connectivity index (χ1) is 13.7. The number of carbonyl (C=O) groups is 1. The molecule has 0 bridgehead atoms. The fourth-order valence-electron chi connectivity index (χ4n) is 4.45. The van der Waals surface area contributed by atoms with Crippen molar-refractivity contribution in [1.29, 1.82) is 0 Å². The topological polar surface area (TPSA) is 55.2 Å². The summed E-state index contributed by atoms with van der Waals surface area (Å²) in [6.07, 6.45) is 8.38. The highest BCUT2D eigenvalue weighted by molar-refractivity contribution is 5.76. The van der Waals surface area contributed by atoms with E-state index < -0.39 is 0 Å². The first kappa shape index (κ1) is 18.9. The Labute approximate surface area is 166 Å². The maximum absolute atomic E-state index is 12.7. The van der Waals surface area contributed by atoms with E-state index >= 15 is 0 Å². The number of hydrogen-bond donors (Lipinski definition) is 0. The molecule has 0 saturated carbocycles. The largest absolute Gasteiger partial charge is 0.341 e. The predicted molar refractivity (Wildman–Crippen MR) is 109 cm³/mol. The fraction of sp³-hybridized carbons (Fsp3) is 0.522. The van der Waals surface area contributed by atoms with Gasteiger partial charge in [-0.3, -0.25) is 9.59 Å². The van der Waals surface area contributed by atoms with Crippen molar-refractivity contribution in [3.63, 3.8) is 0 Å². The lowest BCUT2D eigenvalue weighted by Crippen LogP contribution is -2.42. The van der Waals surface area contributed by atoms with Crippen molar-refractivity contribution < 1.29 is 4.79 Å². The third-order valence-electron chi connectivity index (χ3n) is 6.14. The average Bonchev–Trinajstić information content (AvgIpc) is 2.94. The van der Waals surface area contributed by atoms with Crippen LogP contribution in [0.4, 0.5) is 0 Å². The van der Waals surface area contributed by atoms with Gasteiger partial charge in [0.15, 0.2) is 0 Å². The van der Waals surface area contributed by atoms with Gasteiger partial charge in [-0.25, -0.2) is 4.68 Å². The van der Waals surface area contributed by atoms with E-state index in [1.54, 1.807) is 6.07 Å². The number of amides is 1. The van der Waals surface area contributed by atoms with Crippen LogP contribution >= 0.6 is 0 Å². The van der Waals surface area contributed by atoms with Gasteiger partial charge in [-0.15, -0.1) is 0 Å². The zero-order valence-corrected chi connectivity index (χ0v) is 16.5. The summed E-state index contributed by atoms with van der Waals surface area (Å²) >= 11 is 0. The molecule has 1 saturated heterocycles. The molecular formula is C23H29N3O2. The number of nitrogens with zero attached hydrogens (tertiary/aromatic N) is 3. The lowest BCUT2D eigenvalue weighted by atomic mass is 9.90. The van der Waals surface area contributed by atoms with Gasteiger partial charge in [0.1, 0.15) is 6.54 Å². The Hall–Kier alpha value is -2.43. The van der Waals surface area contributed by atoms with Crippen LogP contribution in [0.3, 0.4) is 0 Å².